The lowest BCUT2D eigenvalue weighted by Gasteiger charge is -2.28. The van der Waals surface area contributed by atoms with Crippen LogP contribution in [0.4, 0.5) is 0 Å². The van der Waals surface area contributed by atoms with E-state index in [9.17, 15) is 0 Å². The van der Waals surface area contributed by atoms with E-state index in [0.29, 0.717) is 0 Å². The first-order chi connectivity index (χ1) is 5.33. The fourth-order valence-electron chi connectivity index (χ4n) is 0.768. The van der Waals surface area contributed by atoms with Crippen LogP contribution in [0.3, 0.4) is 0 Å². The normalized spacial score (nSPS) is 17.5. The van der Waals surface area contributed by atoms with Crippen molar-refractivity contribution in [1.82, 2.24) is 0 Å². The van der Waals surface area contributed by atoms with Crippen molar-refractivity contribution in [2.45, 2.75) is 44.8 Å². The largest absolute Gasteiger partial charge is 0.394 e. The van der Waals surface area contributed by atoms with Crippen LogP contribution in [0.2, 0.25) is 0 Å². The Labute approximate surface area is 74.9 Å². The molecule has 0 saturated carbocycles. The minimum Gasteiger partial charge on any atom is -0.394 e. The van der Waals surface area contributed by atoms with Crippen LogP contribution in [0.15, 0.2) is 0 Å². The van der Waals surface area contributed by atoms with Crippen LogP contribution in [-0.4, -0.2) is 30.0 Å². The minimum atomic E-state index is -0.476. The number of ether oxygens (including phenoxy) is 1. The predicted molar refractivity (Wildman–Crippen MR) is 50.0 cm³/mol. The minimum absolute atomic E-state index is 0.0206. The van der Waals surface area contributed by atoms with Gasteiger partial charge in [0.2, 0.25) is 0 Å². The summed E-state index contributed by atoms with van der Waals surface area (Å²) in [4.78, 5) is 0. The van der Waals surface area contributed by atoms with Crippen molar-refractivity contribution in [3.63, 3.8) is 0 Å². The first kappa shape index (κ1) is 11.9. The average molecular weight is 175 g/mol. The summed E-state index contributed by atoms with van der Waals surface area (Å²) in [7, 11) is 1.69. The summed E-state index contributed by atoms with van der Waals surface area (Å²) in [6.07, 6.45) is 1.63. The number of nitrogens with two attached hydrogens (primary N) is 1. The molecule has 0 saturated heterocycles. The third-order valence-electron chi connectivity index (χ3n) is 2.21. The van der Waals surface area contributed by atoms with Gasteiger partial charge in [-0.1, -0.05) is 0 Å². The van der Waals surface area contributed by atoms with Crippen molar-refractivity contribution < 1.29 is 9.84 Å². The first-order valence-electron chi connectivity index (χ1n) is 4.28. The zero-order chi connectivity index (χ0) is 9.83. The van der Waals surface area contributed by atoms with Gasteiger partial charge >= 0.3 is 0 Å². The fourth-order valence-corrected chi connectivity index (χ4v) is 0.768. The number of aliphatic hydroxyl groups is 1. The molecule has 0 aromatic heterocycles. The van der Waals surface area contributed by atoms with Gasteiger partial charge in [0.1, 0.15) is 0 Å². The van der Waals surface area contributed by atoms with E-state index < -0.39 is 5.54 Å². The predicted octanol–water partition coefficient (Wildman–Crippen LogP) is 0.901. The lowest BCUT2D eigenvalue weighted by atomic mass is 9.91. The highest BCUT2D eigenvalue weighted by Gasteiger charge is 2.23. The zero-order valence-electron chi connectivity index (χ0n) is 8.55. The van der Waals surface area contributed by atoms with E-state index in [1.807, 2.05) is 20.8 Å². The Kier molecular flexibility index (Phi) is 4.17. The lowest BCUT2D eigenvalue weighted by molar-refractivity contribution is 0.00702. The van der Waals surface area contributed by atoms with E-state index in [1.54, 1.807) is 7.11 Å². The molecule has 0 fully saturated rings. The van der Waals surface area contributed by atoms with Gasteiger partial charge in [-0.05, 0) is 33.6 Å². The molecule has 3 heteroatoms. The Hall–Kier alpha value is -0.120. The molecule has 3 N–H and O–H groups in total. The maximum absolute atomic E-state index is 8.90. The van der Waals surface area contributed by atoms with Crippen molar-refractivity contribution in [3.05, 3.63) is 0 Å². The molecular weight excluding hydrogens is 154 g/mol. The molecule has 3 nitrogen and oxygen atoms in total. The quantitative estimate of drug-likeness (QED) is 0.652. The summed E-state index contributed by atoms with van der Waals surface area (Å²) < 4.78 is 5.24. The number of hydrogen-bond acceptors (Lipinski definition) is 3. The zero-order valence-corrected chi connectivity index (χ0v) is 8.55. The van der Waals surface area contributed by atoms with Crippen molar-refractivity contribution in [2.24, 2.45) is 5.73 Å². The third kappa shape index (κ3) is 4.70. The van der Waals surface area contributed by atoms with Crippen molar-refractivity contribution >= 4 is 0 Å². The van der Waals surface area contributed by atoms with E-state index in [2.05, 4.69) is 0 Å². The Morgan fingerprint density at radius 3 is 2.08 bits per heavy atom. The number of rotatable bonds is 5. The van der Waals surface area contributed by atoms with E-state index in [1.165, 1.54) is 0 Å². The molecule has 1 unspecified atom stereocenters. The van der Waals surface area contributed by atoms with Crippen LogP contribution >= 0.6 is 0 Å². The molecule has 0 aromatic rings. The molecule has 1 atom stereocenters. The van der Waals surface area contributed by atoms with E-state index in [4.69, 9.17) is 15.6 Å². The Bertz CT molecular complexity index is 116. The van der Waals surface area contributed by atoms with Gasteiger partial charge < -0.3 is 15.6 Å². The summed E-state index contributed by atoms with van der Waals surface area (Å²) in [5.74, 6) is 0. The molecular formula is C9H21NO2. The van der Waals surface area contributed by atoms with Gasteiger partial charge in [-0.2, -0.15) is 0 Å². The molecule has 0 aromatic carbocycles. The van der Waals surface area contributed by atoms with Gasteiger partial charge in [-0.3, -0.25) is 0 Å². The van der Waals surface area contributed by atoms with Gasteiger partial charge in [-0.25, -0.2) is 0 Å². The molecule has 0 aliphatic rings. The highest BCUT2D eigenvalue weighted by atomic mass is 16.5. The summed E-state index contributed by atoms with van der Waals surface area (Å²) >= 11 is 0. The second-order valence-electron chi connectivity index (χ2n) is 4.28. The molecule has 0 bridgehead atoms. The molecule has 0 rings (SSSR count). The van der Waals surface area contributed by atoms with Crippen molar-refractivity contribution in [1.29, 1.82) is 0 Å². The van der Waals surface area contributed by atoms with Crippen LogP contribution in [-0.2, 0) is 4.74 Å². The van der Waals surface area contributed by atoms with Gasteiger partial charge in [0.05, 0.1) is 12.2 Å². The Morgan fingerprint density at radius 2 is 1.75 bits per heavy atom. The second-order valence-corrected chi connectivity index (χ2v) is 4.28. The second kappa shape index (κ2) is 4.21. The van der Waals surface area contributed by atoms with Crippen molar-refractivity contribution in [3.8, 4) is 0 Å². The summed E-state index contributed by atoms with van der Waals surface area (Å²) in [5.41, 5.74) is 5.15. The Balaban J connectivity index is 3.82. The summed E-state index contributed by atoms with van der Waals surface area (Å²) in [6.45, 7) is 5.90. The Morgan fingerprint density at radius 1 is 1.25 bits per heavy atom. The topological polar surface area (TPSA) is 55.5 Å². The molecule has 0 aliphatic carbocycles. The molecule has 74 valence electrons. The molecule has 0 spiro atoms. The fraction of sp³-hybridized carbons (Fsp3) is 1.00. The van der Waals surface area contributed by atoms with Crippen LogP contribution in [0.5, 0.6) is 0 Å². The van der Waals surface area contributed by atoms with Crippen LogP contribution in [0, 0.1) is 0 Å². The number of aliphatic hydroxyl groups excluding tert-OH is 1. The molecule has 12 heavy (non-hydrogen) atoms. The van der Waals surface area contributed by atoms with Gasteiger partial charge in [-0.15, -0.1) is 0 Å². The maximum atomic E-state index is 8.90. The lowest BCUT2D eigenvalue weighted by Crippen LogP contribution is -2.42. The first-order valence-corrected chi connectivity index (χ1v) is 4.28. The van der Waals surface area contributed by atoms with Crippen LogP contribution < -0.4 is 5.73 Å². The van der Waals surface area contributed by atoms with Crippen molar-refractivity contribution in [2.75, 3.05) is 13.7 Å². The smallest absolute Gasteiger partial charge is 0.0623 e. The van der Waals surface area contributed by atoms with Crippen LogP contribution in [0.1, 0.15) is 33.6 Å². The van der Waals surface area contributed by atoms with Crippen LogP contribution in [0.25, 0.3) is 0 Å². The number of hydrogen-bond donors (Lipinski definition) is 2. The van der Waals surface area contributed by atoms with Gasteiger partial charge in [0.25, 0.3) is 0 Å². The summed E-state index contributed by atoms with van der Waals surface area (Å²) in [5, 5.41) is 8.90. The highest BCUT2D eigenvalue weighted by Crippen LogP contribution is 2.19. The van der Waals surface area contributed by atoms with Gasteiger partial charge in [0.15, 0.2) is 0 Å². The standard InChI is InChI=1S/C9H21NO2/c1-8(2,12-4)5-6-9(3,10)7-11/h11H,5-7,10H2,1-4H3. The van der Waals surface area contributed by atoms with E-state index in [0.717, 1.165) is 12.8 Å². The molecule has 0 aliphatic heterocycles. The highest BCUT2D eigenvalue weighted by molar-refractivity contribution is 4.81. The molecule has 0 heterocycles. The number of methoxy groups -OCH3 is 1. The maximum Gasteiger partial charge on any atom is 0.0623 e. The molecule has 0 amide bonds. The summed E-state index contributed by atoms with van der Waals surface area (Å²) in [6, 6.07) is 0. The van der Waals surface area contributed by atoms with E-state index in [-0.39, 0.29) is 12.2 Å². The third-order valence-corrected chi connectivity index (χ3v) is 2.21. The monoisotopic (exact) mass is 175 g/mol. The molecule has 0 radical (unpaired) electrons. The average Bonchev–Trinajstić information content (AvgIpc) is 2.02. The SMILES string of the molecule is COC(C)(C)CCC(C)(N)CO. The van der Waals surface area contributed by atoms with Gasteiger partial charge in [0, 0.05) is 12.6 Å². The van der Waals surface area contributed by atoms with E-state index >= 15 is 0 Å².